The minimum absolute atomic E-state index is 0.0426. The summed E-state index contributed by atoms with van der Waals surface area (Å²) in [5.74, 6) is -1.53. The van der Waals surface area contributed by atoms with E-state index >= 15 is 0 Å². The lowest BCUT2D eigenvalue weighted by molar-refractivity contribution is 0.0384. The van der Waals surface area contributed by atoms with E-state index in [0.717, 1.165) is 0 Å². The first kappa shape index (κ1) is 15.0. The van der Waals surface area contributed by atoms with Gasteiger partial charge in [0, 0.05) is 7.11 Å². The van der Waals surface area contributed by atoms with Crippen molar-refractivity contribution in [3.63, 3.8) is 0 Å². The summed E-state index contributed by atoms with van der Waals surface area (Å²) in [6, 6.07) is 2.65. The van der Waals surface area contributed by atoms with Crippen LogP contribution < -0.4 is 0 Å². The SMILES string of the molecule is COCCOC(=O)c1c(O)ccc(C(=O)OC)c1C. The molecule has 104 valence electrons. The summed E-state index contributed by atoms with van der Waals surface area (Å²) in [5, 5.41) is 9.71. The molecule has 0 heterocycles. The summed E-state index contributed by atoms with van der Waals surface area (Å²) in [4.78, 5) is 23.3. The molecular weight excluding hydrogens is 252 g/mol. The van der Waals surface area contributed by atoms with E-state index in [-0.39, 0.29) is 30.1 Å². The number of carbonyl (C=O) groups excluding carboxylic acids is 2. The van der Waals surface area contributed by atoms with Crippen molar-refractivity contribution in [2.24, 2.45) is 0 Å². The van der Waals surface area contributed by atoms with Crippen LogP contribution in [0.2, 0.25) is 0 Å². The highest BCUT2D eigenvalue weighted by atomic mass is 16.6. The highest BCUT2D eigenvalue weighted by Crippen LogP contribution is 2.25. The van der Waals surface area contributed by atoms with Crippen molar-refractivity contribution < 1.29 is 28.9 Å². The van der Waals surface area contributed by atoms with Crippen molar-refractivity contribution in [2.45, 2.75) is 6.92 Å². The average Bonchev–Trinajstić information content (AvgIpc) is 2.38. The second kappa shape index (κ2) is 6.75. The van der Waals surface area contributed by atoms with Crippen LogP contribution >= 0.6 is 0 Å². The zero-order chi connectivity index (χ0) is 14.4. The normalized spacial score (nSPS) is 10.1. The Kier molecular flexibility index (Phi) is 5.32. The molecule has 0 fully saturated rings. The monoisotopic (exact) mass is 268 g/mol. The average molecular weight is 268 g/mol. The van der Waals surface area contributed by atoms with Crippen LogP contribution in [0, 0.1) is 6.92 Å². The van der Waals surface area contributed by atoms with Crippen LogP contribution in [0.25, 0.3) is 0 Å². The maximum absolute atomic E-state index is 11.8. The maximum atomic E-state index is 11.8. The van der Waals surface area contributed by atoms with E-state index in [2.05, 4.69) is 4.74 Å². The molecule has 0 amide bonds. The van der Waals surface area contributed by atoms with Gasteiger partial charge < -0.3 is 19.3 Å². The van der Waals surface area contributed by atoms with E-state index in [1.165, 1.54) is 26.4 Å². The summed E-state index contributed by atoms with van der Waals surface area (Å²) in [6.07, 6.45) is 0. The van der Waals surface area contributed by atoms with Gasteiger partial charge in [0.05, 0.1) is 19.3 Å². The van der Waals surface area contributed by atoms with Gasteiger partial charge in [0.1, 0.15) is 17.9 Å². The summed E-state index contributed by atoms with van der Waals surface area (Å²) in [6.45, 7) is 1.86. The second-order valence-corrected chi connectivity index (χ2v) is 3.75. The van der Waals surface area contributed by atoms with Gasteiger partial charge in [0.25, 0.3) is 0 Å². The molecule has 0 aliphatic carbocycles. The summed E-state index contributed by atoms with van der Waals surface area (Å²) in [7, 11) is 2.72. The number of hydrogen-bond donors (Lipinski definition) is 1. The Morgan fingerprint density at radius 1 is 1.16 bits per heavy atom. The first-order valence-corrected chi connectivity index (χ1v) is 5.59. The number of phenolic OH excluding ortho intramolecular Hbond substituents is 1. The molecule has 6 heteroatoms. The molecule has 0 unspecified atom stereocenters. The fourth-order valence-corrected chi connectivity index (χ4v) is 1.58. The Hall–Kier alpha value is -2.08. The van der Waals surface area contributed by atoms with Gasteiger partial charge in [-0.3, -0.25) is 0 Å². The fraction of sp³-hybridized carbons (Fsp3) is 0.385. The molecule has 0 atom stereocenters. The lowest BCUT2D eigenvalue weighted by Gasteiger charge is -2.11. The third-order valence-electron chi connectivity index (χ3n) is 2.57. The number of carbonyl (C=O) groups is 2. The standard InChI is InChI=1S/C13H16O6/c1-8-9(12(15)18-3)4-5-10(14)11(8)13(16)19-7-6-17-2/h4-5,14H,6-7H2,1-3H3. The van der Waals surface area contributed by atoms with Gasteiger partial charge in [-0.25, -0.2) is 9.59 Å². The maximum Gasteiger partial charge on any atom is 0.342 e. The van der Waals surface area contributed by atoms with Crippen molar-refractivity contribution in [2.75, 3.05) is 27.4 Å². The van der Waals surface area contributed by atoms with E-state index in [1.807, 2.05) is 0 Å². The predicted molar refractivity (Wildman–Crippen MR) is 66.3 cm³/mol. The molecule has 0 saturated carbocycles. The molecule has 1 N–H and O–H groups in total. The molecule has 0 aliphatic rings. The largest absolute Gasteiger partial charge is 0.507 e. The molecule has 0 radical (unpaired) electrons. The zero-order valence-corrected chi connectivity index (χ0v) is 11.1. The van der Waals surface area contributed by atoms with Gasteiger partial charge in [-0.15, -0.1) is 0 Å². The third kappa shape index (κ3) is 3.45. The molecule has 0 aliphatic heterocycles. The van der Waals surface area contributed by atoms with Crippen LogP contribution in [0.1, 0.15) is 26.3 Å². The smallest absolute Gasteiger partial charge is 0.342 e. The number of ether oxygens (including phenoxy) is 3. The lowest BCUT2D eigenvalue weighted by Crippen LogP contribution is -2.14. The Labute approximate surface area is 110 Å². The Morgan fingerprint density at radius 2 is 1.84 bits per heavy atom. The number of benzene rings is 1. The molecule has 0 saturated heterocycles. The first-order chi connectivity index (χ1) is 9.02. The Balaban J connectivity index is 3.05. The minimum atomic E-state index is -0.710. The van der Waals surface area contributed by atoms with Crippen molar-refractivity contribution in [1.29, 1.82) is 0 Å². The van der Waals surface area contributed by atoms with Gasteiger partial charge in [-0.1, -0.05) is 0 Å². The van der Waals surface area contributed by atoms with Crippen LogP contribution in [-0.2, 0) is 14.2 Å². The summed E-state index contributed by atoms with van der Waals surface area (Å²) >= 11 is 0. The lowest BCUT2D eigenvalue weighted by atomic mass is 10.0. The number of hydrogen-bond acceptors (Lipinski definition) is 6. The first-order valence-electron chi connectivity index (χ1n) is 5.59. The van der Waals surface area contributed by atoms with Crippen LogP contribution in [-0.4, -0.2) is 44.5 Å². The summed E-state index contributed by atoms with van der Waals surface area (Å²) in [5.41, 5.74) is 0.479. The molecular formula is C13H16O6. The number of rotatable bonds is 5. The van der Waals surface area contributed by atoms with Crippen LogP contribution in [0.3, 0.4) is 0 Å². The van der Waals surface area contributed by atoms with Crippen molar-refractivity contribution >= 4 is 11.9 Å². The van der Waals surface area contributed by atoms with Crippen molar-refractivity contribution in [1.82, 2.24) is 0 Å². The number of aromatic hydroxyl groups is 1. The van der Waals surface area contributed by atoms with Gasteiger partial charge in [0.2, 0.25) is 0 Å². The highest BCUT2D eigenvalue weighted by molar-refractivity contribution is 5.99. The molecule has 0 spiro atoms. The minimum Gasteiger partial charge on any atom is -0.507 e. The number of phenols is 1. The molecule has 1 rings (SSSR count). The Morgan fingerprint density at radius 3 is 2.42 bits per heavy atom. The van der Waals surface area contributed by atoms with Gasteiger partial charge in [-0.2, -0.15) is 0 Å². The van der Waals surface area contributed by atoms with E-state index < -0.39 is 11.9 Å². The van der Waals surface area contributed by atoms with E-state index in [1.54, 1.807) is 6.92 Å². The quantitative estimate of drug-likeness (QED) is 0.640. The number of esters is 2. The molecule has 0 aromatic heterocycles. The molecule has 19 heavy (non-hydrogen) atoms. The zero-order valence-electron chi connectivity index (χ0n) is 11.1. The van der Waals surface area contributed by atoms with Crippen LogP contribution in [0.5, 0.6) is 5.75 Å². The van der Waals surface area contributed by atoms with Gasteiger partial charge in [-0.05, 0) is 24.6 Å². The molecule has 1 aromatic rings. The summed E-state index contributed by atoms with van der Waals surface area (Å²) < 4.78 is 14.3. The van der Waals surface area contributed by atoms with E-state index in [4.69, 9.17) is 9.47 Å². The molecule has 6 nitrogen and oxygen atoms in total. The van der Waals surface area contributed by atoms with Crippen molar-refractivity contribution in [3.8, 4) is 5.75 Å². The third-order valence-corrected chi connectivity index (χ3v) is 2.57. The number of methoxy groups -OCH3 is 2. The van der Waals surface area contributed by atoms with Crippen molar-refractivity contribution in [3.05, 3.63) is 28.8 Å². The highest BCUT2D eigenvalue weighted by Gasteiger charge is 2.21. The van der Waals surface area contributed by atoms with Crippen LogP contribution in [0.4, 0.5) is 0 Å². The molecule has 0 bridgehead atoms. The van der Waals surface area contributed by atoms with Gasteiger partial charge in [0.15, 0.2) is 0 Å². The van der Waals surface area contributed by atoms with Crippen LogP contribution in [0.15, 0.2) is 12.1 Å². The molecule has 1 aromatic carbocycles. The topological polar surface area (TPSA) is 82.1 Å². The Bertz CT molecular complexity index is 480. The van der Waals surface area contributed by atoms with E-state index in [0.29, 0.717) is 5.56 Å². The van der Waals surface area contributed by atoms with Gasteiger partial charge >= 0.3 is 11.9 Å². The fourth-order valence-electron chi connectivity index (χ4n) is 1.58. The van der Waals surface area contributed by atoms with E-state index in [9.17, 15) is 14.7 Å². The second-order valence-electron chi connectivity index (χ2n) is 3.75. The predicted octanol–water partition coefficient (Wildman–Crippen LogP) is 1.29.